The summed E-state index contributed by atoms with van der Waals surface area (Å²) in [5.74, 6) is 0. The number of hydrogen-bond acceptors (Lipinski definition) is 3. The van der Waals surface area contributed by atoms with Crippen LogP contribution < -0.4 is 5.32 Å². The summed E-state index contributed by atoms with van der Waals surface area (Å²) in [4.78, 5) is 4.59. The summed E-state index contributed by atoms with van der Waals surface area (Å²) in [6.45, 7) is 6.38. The predicted molar refractivity (Wildman–Crippen MR) is 92.1 cm³/mol. The van der Waals surface area contributed by atoms with E-state index in [-0.39, 0.29) is 0 Å². The molecule has 0 aliphatic heterocycles. The quantitative estimate of drug-likeness (QED) is 0.927. The van der Waals surface area contributed by atoms with E-state index in [1.807, 2.05) is 24.0 Å². The Morgan fingerprint density at radius 3 is 2.82 bits per heavy atom. The van der Waals surface area contributed by atoms with Crippen molar-refractivity contribution in [2.45, 2.75) is 39.7 Å². The molecule has 1 N–H and O–H groups in total. The molecular weight excluding hydrogens is 296 g/mol. The van der Waals surface area contributed by atoms with E-state index in [1.54, 1.807) is 0 Å². The number of hydrogen-bond donors (Lipinski definition) is 1. The van der Waals surface area contributed by atoms with Crippen LogP contribution in [0.15, 0.2) is 18.3 Å². The second-order valence-corrected chi connectivity index (χ2v) is 6.33. The lowest BCUT2D eigenvalue weighted by atomic mass is 10.0. The van der Waals surface area contributed by atoms with Crippen molar-refractivity contribution in [1.29, 1.82) is 0 Å². The van der Waals surface area contributed by atoms with Crippen molar-refractivity contribution in [1.82, 2.24) is 14.8 Å². The highest BCUT2D eigenvalue weighted by molar-refractivity contribution is 6.50. The summed E-state index contributed by atoms with van der Waals surface area (Å²) in [7, 11) is 1.98. The first kappa shape index (κ1) is 15.1. The number of aromatic nitrogens is 3. The minimum atomic E-state index is 0.310. The zero-order valence-electron chi connectivity index (χ0n) is 13.4. The van der Waals surface area contributed by atoms with Crippen LogP contribution in [-0.2, 0) is 19.9 Å². The van der Waals surface area contributed by atoms with Crippen LogP contribution >= 0.6 is 11.6 Å². The molecule has 22 heavy (non-hydrogen) atoms. The Kier molecular flexibility index (Phi) is 3.96. The van der Waals surface area contributed by atoms with E-state index in [9.17, 15) is 0 Å². The minimum absolute atomic E-state index is 0.310. The molecule has 4 nitrogen and oxygen atoms in total. The minimum Gasteiger partial charge on any atom is -0.382 e. The van der Waals surface area contributed by atoms with Gasteiger partial charge in [0.15, 0.2) is 0 Å². The first-order valence-electron chi connectivity index (χ1n) is 7.69. The number of halogens is 1. The van der Waals surface area contributed by atoms with Crippen LogP contribution in [0, 0.1) is 0 Å². The molecular formula is C17H21ClN4. The van der Waals surface area contributed by atoms with Crippen LogP contribution in [0.3, 0.4) is 0 Å². The van der Waals surface area contributed by atoms with Gasteiger partial charge in [0, 0.05) is 47.6 Å². The Labute approximate surface area is 136 Å². The van der Waals surface area contributed by atoms with Crippen molar-refractivity contribution < 1.29 is 0 Å². The van der Waals surface area contributed by atoms with Gasteiger partial charge in [0.2, 0.25) is 0 Å². The molecule has 0 fully saturated rings. The fourth-order valence-corrected chi connectivity index (χ4v) is 3.13. The third kappa shape index (κ3) is 2.52. The number of nitrogens with one attached hydrogen (secondary N) is 1. The van der Waals surface area contributed by atoms with Gasteiger partial charge in [-0.15, -0.1) is 0 Å². The highest BCUT2D eigenvalue weighted by atomic mass is 35.5. The molecule has 0 atom stereocenters. The van der Waals surface area contributed by atoms with Gasteiger partial charge in [-0.05, 0) is 26.3 Å². The third-order valence-corrected chi connectivity index (χ3v) is 4.26. The lowest BCUT2D eigenvalue weighted by Gasteiger charge is -2.18. The van der Waals surface area contributed by atoms with Gasteiger partial charge in [0.05, 0.1) is 17.1 Å². The molecule has 0 unspecified atom stereocenters. The van der Waals surface area contributed by atoms with E-state index in [4.69, 9.17) is 11.6 Å². The first-order valence-corrected chi connectivity index (χ1v) is 8.06. The number of nitrogens with zero attached hydrogens (tertiary/aromatic N) is 3. The molecule has 2 heterocycles. The Hall–Kier alpha value is -1.81. The molecule has 1 aliphatic carbocycles. The van der Waals surface area contributed by atoms with E-state index in [0.29, 0.717) is 6.04 Å². The predicted octanol–water partition coefficient (Wildman–Crippen LogP) is 4.00. The van der Waals surface area contributed by atoms with Gasteiger partial charge < -0.3 is 5.32 Å². The van der Waals surface area contributed by atoms with E-state index in [0.717, 1.165) is 46.1 Å². The molecule has 5 heteroatoms. The van der Waals surface area contributed by atoms with Gasteiger partial charge in [-0.2, -0.15) is 5.10 Å². The second kappa shape index (κ2) is 5.76. The molecule has 0 aromatic carbocycles. The van der Waals surface area contributed by atoms with Crippen molar-refractivity contribution in [2.75, 3.05) is 5.32 Å². The lowest BCUT2D eigenvalue weighted by Crippen LogP contribution is -2.13. The first-order chi connectivity index (χ1) is 10.5. The summed E-state index contributed by atoms with van der Waals surface area (Å²) < 4.78 is 1.93. The van der Waals surface area contributed by atoms with Crippen molar-refractivity contribution in [3.05, 3.63) is 35.3 Å². The van der Waals surface area contributed by atoms with Crippen LogP contribution in [0.1, 0.15) is 37.7 Å². The molecule has 2 aromatic rings. The molecule has 3 rings (SSSR count). The maximum Gasteiger partial charge on any atom is 0.0962 e. The Morgan fingerprint density at radius 2 is 2.18 bits per heavy atom. The average molecular weight is 317 g/mol. The molecule has 1 aliphatic rings. The Bertz CT molecular complexity index is 743. The molecule has 0 spiro atoms. The maximum absolute atomic E-state index is 6.41. The summed E-state index contributed by atoms with van der Waals surface area (Å²) in [6.07, 6.45) is 5.68. The molecule has 0 bridgehead atoms. The number of allylic oxidation sites excluding steroid dienone is 1. The van der Waals surface area contributed by atoms with Crippen molar-refractivity contribution >= 4 is 22.3 Å². The molecule has 2 aromatic heterocycles. The molecule has 0 radical (unpaired) electrons. The SMILES string of the molecule is CCc1cc(-c2cnc3c(c2NC(C)C)C(Cl)=CC3)nn1C. The van der Waals surface area contributed by atoms with Crippen LogP contribution in [0.4, 0.5) is 5.69 Å². The van der Waals surface area contributed by atoms with Crippen molar-refractivity contribution in [3.63, 3.8) is 0 Å². The van der Waals surface area contributed by atoms with Crippen LogP contribution in [-0.4, -0.2) is 20.8 Å². The molecule has 0 saturated heterocycles. The molecule has 0 saturated carbocycles. The summed E-state index contributed by atoms with van der Waals surface area (Å²) in [6, 6.07) is 2.44. The summed E-state index contributed by atoms with van der Waals surface area (Å²) in [5, 5.41) is 8.96. The largest absolute Gasteiger partial charge is 0.382 e. The lowest BCUT2D eigenvalue weighted by molar-refractivity contribution is 0.720. The summed E-state index contributed by atoms with van der Waals surface area (Å²) in [5.41, 5.74) is 6.25. The maximum atomic E-state index is 6.41. The number of anilines is 1. The number of aryl methyl sites for hydroxylation is 2. The summed E-state index contributed by atoms with van der Waals surface area (Å²) >= 11 is 6.41. The second-order valence-electron chi connectivity index (χ2n) is 5.92. The van der Waals surface area contributed by atoms with E-state index in [2.05, 4.69) is 42.2 Å². The highest BCUT2D eigenvalue weighted by Crippen LogP contribution is 2.40. The zero-order chi connectivity index (χ0) is 15.9. The van der Waals surface area contributed by atoms with Gasteiger partial charge in [-0.3, -0.25) is 9.67 Å². The van der Waals surface area contributed by atoms with Gasteiger partial charge in [0.25, 0.3) is 0 Å². The normalized spacial score (nSPS) is 13.5. The van der Waals surface area contributed by atoms with Crippen molar-refractivity contribution in [2.24, 2.45) is 7.05 Å². The Morgan fingerprint density at radius 1 is 1.41 bits per heavy atom. The van der Waals surface area contributed by atoms with Gasteiger partial charge in [0.1, 0.15) is 0 Å². The van der Waals surface area contributed by atoms with Gasteiger partial charge in [-0.1, -0.05) is 24.6 Å². The fourth-order valence-electron chi connectivity index (χ4n) is 2.85. The fraction of sp³-hybridized carbons (Fsp3) is 0.412. The number of rotatable bonds is 4. The van der Waals surface area contributed by atoms with Crippen molar-refractivity contribution in [3.8, 4) is 11.3 Å². The van der Waals surface area contributed by atoms with E-state index < -0.39 is 0 Å². The van der Waals surface area contributed by atoms with Crippen LogP contribution in [0.5, 0.6) is 0 Å². The monoisotopic (exact) mass is 316 g/mol. The van der Waals surface area contributed by atoms with Gasteiger partial charge >= 0.3 is 0 Å². The number of pyridine rings is 1. The Balaban J connectivity index is 2.18. The molecule has 0 amide bonds. The van der Waals surface area contributed by atoms with Crippen LogP contribution in [0.2, 0.25) is 0 Å². The van der Waals surface area contributed by atoms with Gasteiger partial charge in [-0.25, -0.2) is 0 Å². The third-order valence-electron chi connectivity index (χ3n) is 3.92. The standard InChI is InChI=1S/C17H21ClN4/c1-5-11-8-15(21-22(11)4)12-9-19-14-7-6-13(18)16(14)17(12)20-10(2)3/h6,8-10H,5,7H2,1-4H3,(H,19,20). The molecule has 116 valence electrons. The zero-order valence-corrected chi connectivity index (χ0v) is 14.2. The number of fused-ring (bicyclic) bond motifs is 1. The smallest absolute Gasteiger partial charge is 0.0962 e. The van der Waals surface area contributed by atoms with Crippen LogP contribution in [0.25, 0.3) is 16.3 Å². The van der Waals surface area contributed by atoms with E-state index in [1.165, 1.54) is 5.69 Å². The topological polar surface area (TPSA) is 42.7 Å². The van der Waals surface area contributed by atoms with E-state index >= 15 is 0 Å². The average Bonchev–Trinajstić information content (AvgIpc) is 3.02. The highest BCUT2D eigenvalue weighted by Gasteiger charge is 2.23.